The predicted octanol–water partition coefficient (Wildman–Crippen LogP) is 3.83. The number of esters is 2. The topological polar surface area (TPSA) is 114 Å². The molecule has 0 N–H and O–H groups in total. The second kappa shape index (κ2) is 8.63. The lowest BCUT2D eigenvalue weighted by molar-refractivity contribution is -0.130. The zero-order valence-corrected chi connectivity index (χ0v) is 19.5. The highest BCUT2D eigenvalue weighted by molar-refractivity contribution is 6.14. The fourth-order valence-electron chi connectivity index (χ4n) is 4.14. The Hall–Kier alpha value is -5.38. The number of carbonyl (C=O) groups excluding carboxylic acids is 2. The first-order valence-electron chi connectivity index (χ1n) is 11.5. The van der Waals surface area contributed by atoms with E-state index in [4.69, 9.17) is 28.4 Å². The highest BCUT2D eigenvalue weighted by Gasteiger charge is 2.27. The monoisotopic (exact) mass is 508 g/mol. The van der Waals surface area contributed by atoms with Gasteiger partial charge in [0.15, 0.2) is 34.4 Å². The average Bonchev–Trinajstić information content (AvgIpc) is 3.72. The van der Waals surface area contributed by atoms with Crippen LogP contribution in [0.2, 0.25) is 0 Å². The number of cyclic esters (lactones) is 2. The molecule has 38 heavy (non-hydrogen) atoms. The van der Waals surface area contributed by atoms with Gasteiger partial charge in [0, 0.05) is 11.1 Å². The van der Waals surface area contributed by atoms with Gasteiger partial charge in [-0.25, -0.2) is 19.6 Å². The summed E-state index contributed by atoms with van der Waals surface area (Å²) in [6.45, 7) is 0.331. The van der Waals surface area contributed by atoms with Gasteiger partial charge in [-0.3, -0.25) is 0 Å². The molecular formula is C28H16N2O8. The molecule has 4 aliphatic rings. The molecule has 0 fully saturated rings. The van der Waals surface area contributed by atoms with Gasteiger partial charge in [0.2, 0.25) is 25.4 Å². The minimum Gasteiger partial charge on any atom is -0.454 e. The molecular weight excluding hydrogens is 492 g/mol. The molecule has 4 aliphatic heterocycles. The summed E-state index contributed by atoms with van der Waals surface area (Å²) in [7, 11) is 0. The zero-order chi connectivity index (χ0) is 25.6. The van der Waals surface area contributed by atoms with Gasteiger partial charge in [-0.15, -0.1) is 0 Å². The Kier molecular flexibility index (Phi) is 4.96. The average molecular weight is 508 g/mol. The Bertz CT molecular complexity index is 1530. The first-order chi connectivity index (χ1) is 18.6. The van der Waals surface area contributed by atoms with E-state index in [0.717, 1.165) is 11.1 Å². The Labute approximate surface area is 215 Å². The van der Waals surface area contributed by atoms with Crippen LogP contribution in [0.1, 0.15) is 22.3 Å². The largest absolute Gasteiger partial charge is 0.454 e. The summed E-state index contributed by atoms with van der Waals surface area (Å²) in [5, 5.41) is 0. The van der Waals surface area contributed by atoms with Crippen LogP contribution in [0.5, 0.6) is 23.0 Å². The van der Waals surface area contributed by atoms with Gasteiger partial charge in [-0.1, -0.05) is 12.1 Å². The Morgan fingerprint density at radius 2 is 0.974 bits per heavy atom. The van der Waals surface area contributed by atoms with E-state index >= 15 is 0 Å². The Balaban J connectivity index is 1.10. The molecule has 3 aromatic rings. The first-order valence-corrected chi connectivity index (χ1v) is 11.5. The van der Waals surface area contributed by atoms with E-state index in [1.165, 1.54) is 0 Å². The van der Waals surface area contributed by atoms with Crippen LogP contribution in [-0.2, 0) is 19.1 Å². The lowest BCUT2D eigenvalue weighted by atomic mass is 10.1. The quantitative estimate of drug-likeness (QED) is 0.386. The van der Waals surface area contributed by atoms with E-state index in [1.807, 2.05) is 0 Å². The van der Waals surface area contributed by atoms with Gasteiger partial charge in [-0.2, -0.15) is 0 Å². The van der Waals surface area contributed by atoms with Gasteiger partial charge in [0.1, 0.15) is 0 Å². The smallest absolute Gasteiger partial charge is 0.363 e. The van der Waals surface area contributed by atoms with Crippen LogP contribution in [0.4, 0.5) is 0 Å². The van der Waals surface area contributed by atoms with Gasteiger partial charge in [-0.05, 0) is 71.8 Å². The fraction of sp³-hybridized carbons (Fsp3) is 0.0714. The number of aliphatic imine (C=N–C) groups is 2. The molecule has 0 aromatic heterocycles. The molecule has 10 heteroatoms. The normalized spacial score (nSPS) is 19.1. The number of rotatable bonds is 4. The minimum atomic E-state index is -0.561. The summed E-state index contributed by atoms with van der Waals surface area (Å²) >= 11 is 0. The summed E-state index contributed by atoms with van der Waals surface area (Å²) in [6, 6.07) is 17.5. The standard InChI is InChI=1S/C28H16N2O8/c31-27-19(9-15-1-7-21-23(11-15)35-13-33-21)29-25(37-27)17-3-5-18(6-4-17)26-30-20(28(32)38-26)10-16-2-8-22-24(12-16)36-14-34-22/h1-12H,13-14H2/b19-9-,20-10-. The van der Waals surface area contributed by atoms with E-state index in [1.54, 1.807) is 72.8 Å². The number of hydrogen-bond donors (Lipinski definition) is 0. The van der Waals surface area contributed by atoms with E-state index < -0.39 is 11.9 Å². The summed E-state index contributed by atoms with van der Waals surface area (Å²) in [4.78, 5) is 33.5. The van der Waals surface area contributed by atoms with E-state index in [-0.39, 0.29) is 36.8 Å². The van der Waals surface area contributed by atoms with Crippen molar-refractivity contribution in [1.29, 1.82) is 0 Å². The molecule has 186 valence electrons. The summed E-state index contributed by atoms with van der Waals surface area (Å²) in [5.74, 6) is 1.73. The van der Waals surface area contributed by atoms with Crippen molar-refractivity contribution >= 4 is 35.9 Å². The van der Waals surface area contributed by atoms with Crippen molar-refractivity contribution in [3.05, 3.63) is 94.3 Å². The third kappa shape index (κ3) is 3.94. The third-order valence-corrected chi connectivity index (χ3v) is 6.02. The second-order valence-electron chi connectivity index (χ2n) is 8.47. The Morgan fingerprint density at radius 1 is 0.553 bits per heavy atom. The summed E-state index contributed by atoms with van der Waals surface area (Å²) in [6.07, 6.45) is 3.23. The number of benzene rings is 3. The molecule has 7 rings (SSSR count). The molecule has 0 bridgehead atoms. The highest BCUT2D eigenvalue weighted by atomic mass is 16.7. The van der Waals surface area contributed by atoms with Gasteiger partial charge >= 0.3 is 11.9 Å². The third-order valence-electron chi connectivity index (χ3n) is 6.02. The van der Waals surface area contributed by atoms with Gasteiger partial charge in [0.05, 0.1) is 0 Å². The van der Waals surface area contributed by atoms with Crippen molar-refractivity contribution in [3.63, 3.8) is 0 Å². The molecule has 0 radical (unpaired) electrons. The van der Waals surface area contributed by atoms with E-state index in [9.17, 15) is 9.59 Å². The van der Waals surface area contributed by atoms with Crippen molar-refractivity contribution in [2.75, 3.05) is 13.6 Å². The summed E-state index contributed by atoms with van der Waals surface area (Å²) in [5.41, 5.74) is 2.94. The predicted molar refractivity (Wildman–Crippen MR) is 133 cm³/mol. The SMILES string of the molecule is O=C1OC(c2ccc(C3=N/C(=C\c4ccc5c(c4)OCO5)C(=O)O3)cc2)=N/C1=C\c1ccc2c(c1)OCO2. The van der Waals surface area contributed by atoms with Crippen LogP contribution >= 0.6 is 0 Å². The van der Waals surface area contributed by atoms with Crippen molar-refractivity contribution in [3.8, 4) is 23.0 Å². The van der Waals surface area contributed by atoms with E-state index in [0.29, 0.717) is 34.1 Å². The molecule has 10 nitrogen and oxygen atoms in total. The number of nitrogens with zero attached hydrogens (tertiary/aromatic N) is 2. The fourth-order valence-corrected chi connectivity index (χ4v) is 4.14. The zero-order valence-electron chi connectivity index (χ0n) is 19.5. The van der Waals surface area contributed by atoms with Crippen molar-refractivity contribution in [1.82, 2.24) is 0 Å². The van der Waals surface area contributed by atoms with Crippen LogP contribution in [0.25, 0.3) is 12.2 Å². The number of carbonyl (C=O) groups is 2. The maximum atomic E-state index is 12.4. The van der Waals surface area contributed by atoms with Crippen LogP contribution in [-0.4, -0.2) is 37.3 Å². The van der Waals surface area contributed by atoms with Crippen LogP contribution in [0, 0.1) is 0 Å². The van der Waals surface area contributed by atoms with Crippen LogP contribution in [0.15, 0.2) is 82.0 Å². The summed E-state index contributed by atoms with van der Waals surface area (Å²) < 4.78 is 32.1. The second-order valence-corrected chi connectivity index (χ2v) is 8.47. The van der Waals surface area contributed by atoms with Crippen molar-refractivity contribution < 1.29 is 38.0 Å². The van der Waals surface area contributed by atoms with E-state index in [2.05, 4.69) is 9.98 Å². The molecule has 3 aromatic carbocycles. The van der Waals surface area contributed by atoms with Crippen LogP contribution in [0.3, 0.4) is 0 Å². The molecule has 0 unspecified atom stereocenters. The van der Waals surface area contributed by atoms with Gasteiger partial charge in [0.25, 0.3) is 0 Å². The molecule has 0 amide bonds. The Morgan fingerprint density at radius 3 is 1.42 bits per heavy atom. The van der Waals surface area contributed by atoms with Crippen molar-refractivity contribution in [2.45, 2.75) is 0 Å². The minimum absolute atomic E-state index is 0.162. The molecule has 0 atom stereocenters. The van der Waals surface area contributed by atoms with Crippen LogP contribution < -0.4 is 18.9 Å². The molecule has 0 saturated carbocycles. The molecule has 0 saturated heterocycles. The molecule has 4 heterocycles. The number of fused-ring (bicyclic) bond motifs is 2. The van der Waals surface area contributed by atoms with Crippen molar-refractivity contribution in [2.24, 2.45) is 9.98 Å². The number of hydrogen-bond acceptors (Lipinski definition) is 10. The molecule has 0 aliphatic carbocycles. The first kappa shape index (κ1) is 21.9. The lowest BCUT2D eigenvalue weighted by Gasteiger charge is -2.02. The maximum absolute atomic E-state index is 12.4. The lowest BCUT2D eigenvalue weighted by Crippen LogP contribution is -2.07. The molecule has 0 spiro atoms. The highest BCUT2D eigenvalue weighted by Crippen LogP contribution is 2.34. The van der Waals surface area contributed by atoms with Gasteiger partial charge < -0.3 is 28.4 Å². The number of ether oxygens (including phenoxy) is 6. The maximum Gasteiger partial charge on any atom is 0.363 e.